The summed E-state index contributed by atoms with van der Waals surface area (Å²) in [5.74, 6) is 3.03. The van der Waals surface area contributed by atoms with Crippen molar-refractivity contribution in [3.05, 3.63) is 71.4 Å². The van der Waals surface area contributed by atoms with Crippen LogP contribution in [-0.2, 0) is 24.2 Å². The molecule has 2 aliphatic rings. The van der Waals surface area contributed by atoms with E-state index in [0.29, 0.717) is 18.7 Å². The lowest BCUT2D eigenvalue weighted by atomic mass is 9.99. The molecule has 2 aromatic carbocycles. The molecule has 0 atom stereocenters. The second kappa shape index (κ2) is 7.12. The molecule has 0 saturated carbocycles. The maximum absolute atomic E-state index is 11.7. The molecule has 2 aromatic heterocycles. The van der Waals surface area contributed by atoms with E-state index in [1.54, 1.807) is 6.20 Å². The van der Waals surface area contributed by atoms with E-state index in [2.05, 4.69) is 32.3 Å². The van der Waals surface area contributed by atoms with Crippen LogP contribution < -0.4 is 15.0 Å². The van der Waals surface area contributed by atoms with Crippen molar-refractivity contribution in [3.63, 3.8) is 0 Å². The summed E-state index contributed by atoms with van der Waals surface area (Å²) in [6.07, 6.45) is 3.71. The van der Waals surface area contributed by atoms with Gasteiger partial charge in [-0.2, -0.15) is 0 Å². The Kier molecular flexibility index (Phi) is 4.12. The second-order valence-corrected chi connectivity index (χ2v) is 7.97. The average molecular weight is 411 g/mol. The molecule has 0 unspecified atom stereocenters. The standard InChI is InChI=1S/C24H21N5O2/c30-22-8-7-18-21(9-11-25-23(18)28-22)31-17-6-5-15-10-12-29(14-16(15)13-17)24-26-19-3-1-2-4-20(19)27-24/h1-6,9,11,13H,7-8,10,12,14H2,(H,26,27)(H,25,28,30). The molecule has 31 heavy (non-hydrogen) atoms. The van der Waals surface area contributed by atoms with E-state index in [-0.39, 0.29) is 5.91 Å². The summed E-state index contributed by atoms with van der Waals surface area (Å²) in [7, 11) is 0. The normalized spacial score (nSPS) is 15.4. The van der Waals surface area contributed by atoms with Crippen LogP contribution in [0.5, 0.6) is 11.5 Å². The first-order valence-electron chi connectivity index (χ1n) is 10.5. The van der Waals surface area contributed by atoms with Crippen LogP contribution in [0.2, 0.25) is 0 Å². The number of nitrogens with one attached hydrogen (secondary N) is 2. The number of carbonyl (C=O) groups excluding carboxylic acids is 1. The van der Waals surface area contributed by atoms with Crippen LogP contribution in [0, 0.1) is 0 Å². The molecule has 1 amide bonds. The highest BCUT2D eigenvalue weighted by molar-refractivity contribution is 5.93. The molecule has 154 valence electrons. The summed E-state index contributed by atoms with van der Waals surface area (Å²) >= 11 is 0. The van der Waals surface area contributed by atoms with Crippen molar-refractivity contribution in [3.8, 4) is 11.5 Å². The molecular formula is C24H21N5O2. The van der Waals surface area contributed by atoms with E-state index >= 15 is 0 Å². The fourth-order valence-electron chi connectivity index (χ4n) is 4.35. The molecule has 0 fully saturated rings. The number of benzene rings is 2. The third kappa shape index (κ3) is 3.28. The number of aromatic amines is 1. The summed E-state index contributed by atoms with van der Waals surface area (Å²) in [4.78, 5) is 26.4. The third-order valence-electron chi connectivity index (χ3n) is 5.97. The van der Waals surface area contributed by atoms with E-state index in [1.807, 2.05) is 36.4 Å². The maximum Gasteiger partial charge on any atom is 0.225 e. The first-order chi connectivity index (χ1) is 15.2. The molecule has 0 aliphatic carbocycles. The number of H-pyrrole nitrogens is 1. The second-order valence-electron chi connectivity index (χ2n) is 7.97. The highest BCUT2D eigenvalue weighted by Gasteiger charge is 2.22. The summed E-state index contributed by atoms with van der Waals surface area (Å²) in [6, 6.07) is 16.2. The van der Waals surface area contributed by atoms with Gasteiger partial charge in [-0.1, -0.05) is 18.2 Å². The van der Waals surface area contributed by atoms with Gasteiger partial charge in [0.25, 0.3) is 0 Å². The molecule has 0 radical (unpaired) electrons. The number of ether oxygens (including phenoxy) is 1. The lowest BCUT2D eigenvalue weighted by Gasteiger charge is -2.29. The predicted molar refractivity (Wildman–Crippen MR) is 119 cm³/mol. The predicted octanol–water partition coefficient (Wildman–Crippen LogP) is 4.20. The zero-order chi connectivity index (χ0) is 20.8. The number of para-hydroxylation sites is 2. The van der Waals surface area contributed by atoms with Crippen molar-refractivity contribution in [1.29, 1.82) is 0 Å². The summed E-state index contributed by atoms with van der Waals surface area (Å²) in [5, 5.41) is 2.82. The Labute approximate surface area is 179 Å². The van der Waals surface area contributed by atoms with Gasteiger partial charge in [0.1, 0.15) is 17.3 Å². The first kappa shape index (κ1) is 17.9. The monoisotopic (exact) mass is 411 g/mol. The SMILES string of the molecule is O=C1CCc2c(Oc3ccc4c(c3)CN(c3nc5ccccc5[nH]3)CC4)ccnc2N1. The van der Waals surface area contributed by atoms with Crippen LogP contribution in [-0.4, -0.2) is 27.4 Å². The van der Waals surface area contributed by atoms with Gasteiger partial charge in [0, 0.05) is 31.3 Å². The summed E-state index contributed by atoms with van der Waals surface area (Å²) in [6.45, 7) is 1.70. The quantitative estimate of drug-likeness (QED) is 0.528. The molecule has 2 aliphatic heterocycles. The molecule has 4 heterocycles. The van der Waals surface area contributed by atoms with Gasteiger partial charge in [-0.3, -0.25) is 4.79 Å². The van der Waals surface area contributed by atoms with Crippen molar-refractivity contribution in [1.82, 2.24) is 15.0 Å². The Hall–Kier alpha value is -3.87. The van der Waals surface area contributed by atoms with Crippen molar-refractivity contribution in [2.24, 2.45) is 0 Å². The molecule has 4 aromatic rings. The van der Waals surface area contributed by atoms with Crippen LogP contribution in [0.1, 0.15) is 23.1 Å². The molecule has 0 saturated heterocycles. The molecule has 6 rings (SSSR count). The molecule has 7 heteroatoms. The van der Waals surface area contributed by atoms with Gasteiger partial charge < -0.3 is 19.9 Å². The van der Waals surface area contributed by atoms with Crippen LogP contribution >= 0.6 is 0 Å². The minimum Gasteiger partial charge on any atom is -0.457 e. The number of carbonyl (C=O) groups is 1. The van der Waals surface area contributed by atoms with Crippen molar-refractivity contribution in [2.45, 2.75) is 25.8 Å². The minimum absolute atomic E-state index is 0.00314. The summed E-state index contributed by atoms with van der Waals surface area (Å²) in [5.41, 5.74) is 5.55. The first-order valence-corrected chi connectivity index (χ1v) is 10.5. The van der Waals surface area contributed by atoms with E-state index < -0.39 is 0 Å². The zero-order valence-electron chi connectivity index (χ0n) is 16.9. The van der Waals surface area contributed by atoms with E-state index in [0.717, 1.165) is 53.6 Å². The van der Waals surface area contributed by atoms with Gasteiger partial charge in [0.15, 0.2) is 0 Å². The molecule has 2 N–H and O–H groups in total. The van der Waals surface area contributed by atoms with Gasteiger partial charge in [-0.15, -0.1) is 0 Å². The Morgan fingerprint density at radius 2 is 1.94 bits per heavy atom. The van der Waals surface area contributed by atoms with Crippen molar-refractivity contribution < 1.29 is 9.53 Å². The third-order valence-corrected chi connectivity index (χ3v) is 5.97. The zero-order valence-corrected chi connectivity index (χ0v) is 16.9. The van der Waals surface area contributed by atoms with Gasteiger partial charge >= 0.3 is 0 Å². The van der Waals surface area contributed by atoms with Gasteiger partial charge in [-0.25, -0.2) is 9.97 Å². The number of pyridine rings is 1. The lowest BCUT2D eigenvalue weighted by Crippen LogP contribution is -2.31. The highest BCUT2D eigenvalue weighted by Crippen LogP contribution is 2.34. The van der Waals surface area contributed by atoms with Gasteiger partial charge in [-0.05, 0) is 54.3 Å². The van der Waals surface area contributed by atoms with E-state index in [4.69, 9.17) is 9.72 Å². The Balaban J connectivity index is 1.27. The number of hydrogen-bond donors (Lipinski definition) is 2. The molecular weight excluding hydrogens is 390 g/mol. The molecule has 0 bridgehead atoms. The number of fused-ring (bicyclic) bond motifs is 3. The number of hydrogen-bond acceptors (Lipinski definition) is 5. The fourth-order valence-corrected chi connectivity index (χ4v) is 4.35. The number of nitrogens with zero attached hydrogens (tertiary/aromatic N) is 3. The van der Waals surface area contributed by atoms with Gasteiger partial charge in [0.05, 0.1) is 11.0 Å². The van der Waals surface area contributed by atoms with Gasteiger partial charge in [0.2, 0.25) is 11.9 Å². The van der Waals surface area contributed by atoms with E-state index in [1.165, 1.54) is 11.1 Å². The Morgan fingerprint density at radius 1 is 1.00 bits per heavy atom. The Morgan fingerprint density at radius 3 is 2.87 bits per heavy atom. The smallest absolute Gasteiger partial charge is 0.225 e. The molecule has 7 nitrogen and oxygen atoms in total. The largest absolute Gasteiger partial charge is 0.457 e. The van der Waals surface area contributed by atoms with Crippen molar-refractivity contribution in [2.75, 3.05) is 16.8 Å². The minimum atomic E-state index is -0.00314. The number of anilines is 2. The average Bonchev–Trinajstić information content (AvgIpc) is 3.23. The van der Waals surface area contributed by atoms with Crippen LogP contribution in [0.3, 0.4) is 0 Å². The highest BCUT2D eigenvalue weighted by atomic mass is 16.5. The fraction of sp³-hybridized carbons (Fsp3) is 0.208. The van der Waals surface area contributed by atoms with Crippen LogP contribution in [0.4, 0.5) is 11.8 Å². The number of amides is 1. The maximum atomic E-state index is 11.7. The van der Waals surface area contributed by atoms with Crippen LogP contribution in [0.15, 0.2) is 54.7 Å². The molecule has 0 spiro atoms. The van der Waals surface area contributed by atoms with E-state index in [9.17, 15) is 4.79 Å². The Bertz CT molecular complexity index is 1280. The number of aromatic nitrogens is 3. The topological polar surface area (TPSA) is 83.1 Å². The lowest BCUT2D eigenvalue weighted by molar-refractivity contribution is -0.116. The summed E-state index contributed by atoms with van der Waals surface area (Å²) < 4.78 is 6.23. The van der Waals surface area contributed by atoms with Crippen LogP contribution in [0.25, 0.3) is 11.0 Å². The number of rotatable bonds is 3. The number of imidazole rings is 1. The van der Waals surface area contributed by atoms with Crippen molar-refractivity contribution >= 4 is 28.7 Å².